The first-order valence-electron chi connectivity index (χ1n) is 9.37. The first-order valence-corrected chi connectivity index (χ1v) is 9.37. The zero-order valence-electron chi connectivity index (χ0n) is 14.9. The molecule has 6 heteroatoms. The van der Waals surface area contributed by atoms with Crippen LogP contribution in [0.2, 0.25) is 0 Å². The Kier molecular flexibility index (Phi) is 4.49. The Morgan fingerprint density at radius 3 is 2.38 bits per heavy atom. The monoisotopic (exact) mass is 352 g/mol. The van der Waals surface area contributed by atoms with Gasteiger partial charge in [-0.3, -0.25) is 9.59 Å². The van der Waals surface area contributed by atoms with Crippen LogP contribution in [0, 0.1) is 0 Å². The maximum atomic E-state index is 12.7. The van der Waals surface area contributed by atoms with Crippen molar-refractivity contribution in [2.75, 3.05) is 13.1 Å². The number of primary amides is 1. The summed E-state index contributed by atoms with van der Waals surface area (Å²) in [5.74, 6) is 1.18. The molecular weight excluding hydrogens is 328 g/mol. The zero-order chi connectivity index (χ0) is 18.1. The standard InChI is InChI=1S/C20H24N4O2/c21-18(25)14-4-6-16(7-5-14)20(26)23-11-8-15(9-12-23)19-22-13-17-3-1-2-10-24(17)19/h4-7,13,15H,1-3,8-12H2,(H2,21,25). The summed E-state index contributed by atoms with van der Waals surface area (Å²) in [4.78, 5) is 30.4. The molecule has 2 amide bonds. The molecule has 136 valence electrons. The Morgan fingerprint density at radius 1 is 1.00 bits per heavy atom. The minimum atomic E-state index is -0.479. The van der Waals surface area contributed by atoms with Crippen molar-refractivity contribution in [3.05, 3.63) is 53.1 Å². The van der Waals surface area contributed by atoms with Crippen LogP contribution in [0.25, 0.3) is 0 Å². The highest BCUT2D eigenvalue weighted by atomic mass is 16.2. The van der Waals surface area contributed by atoms with Crippen LogP contribution in [-0.2, 0) is 13.0 Å². The minimum Gasteiger partial charge on any atom is -0.366 e. The molecule has 0 spiro atoms. The normalized spacial score (nSPS) is 17.8. The number of nitrogens with zero attached hydrogens (tertiary/aromatic N) is 3. The van der Waals surface area contributed by atoms with Crippen LogP contribution in [0.4, 0.5) is 0 Å². The molecule has 0 radical (unpaired) electrons. The maximum absolute atomic E-state index is 12.7. The van der Waals surface area contributed by atoms with E-state index in [0.717, 1.165) is 38.9 Å². The Morgan fingerprint density at radius 2 is 1.69 bits per heavy atom. The molecule has 2 aliphatic rings. The molecule has 2 aromatic rings. The van der Waals surface area contributed by atoms with Gasteiger partial charge < -0.3 is 15.2 Å². The summed E-state index contributed by atoms with van der Waals surface area (Å²) < 4.78 is 2.40. The number of benzene rings is 1. The van der Waals surface area contributed by atoms with Gasteiger partial charge in [0.15, 0.2) is 0 Å². The minimum absolute atomic E-state index is 0.0182. The van der Waals surface area contributed by atoms with Crippen molar-refractivity contribution in [2.45, 2.75) is 44.6 Å². The van der Waals surface area contributed by atoms with E-state index < -0.39 is 5.91 Å². The van der Waals surface area contributed by atoms with Crippen LogP contribution < -0.4 is 5.73 Å². The third-order valence-corrected chi connectivity index (χ3v) is 5.60. The molecule has 6 nitrogen and oxygen atoms in total. The molecular formula is C20H24N4O2. The van der Waals surface area contributed by atoms with E-state index >= 15 is 0 Å². The molecule has 1 saturated heterocycles. The molecule has 4 rings (SSSR count). The fraction of sp³-hybridized carbons (Fsp3) is 0.450. The van der Waals surface area contributed by atoms with Gasteiger partial charge in [0, 0.05) is 48.6 Å². The second kappa shape index (κ2) is 6.94. The van der Waals surface area contributed by atoms with Crippen molar-refractivity contribution >= 4 is 11.8 Å². The Hall–Kier alpha value is -2.63. The lowest BCUT2D eigenvalue weighted by Crippen LogP contribution is -2.38. The average Bonchev–Trinajstić information content (AvgIpc) is 3.12. The van der Waals surface area contributed by atoms with Crippen molar-refractivity contribution in [1.82, 2.24) is 14.5 Å². The lowest BCUT2D eigenvalue weighted by Gasteiger charge is -2.32. The fourth-order valence-corrected chi connectivity index (χ4v) is 4.09. The van der Waals surface area contributed by atoms with Gasteiger partial charge in [-0.15, -0.1) is 0 Å². The van der Waals surface area contributed by atoms with E-state index in [1.165, 1.54) is 24.4 Å². The van der Waals surface area contributed by atoms with Gasteiger partial charge in [-0.1, -0.05) is 0 Å². The second-order valence-corrected chi connectivity index (χ2v) is 7.22. The van der Waals surface area contributed by atoms with Gasteiger partial charge in [0.1, 0.15) is 5.82 Å². The highest BCUT2D eigenvalue weighted by molar-refractivity contribution is 5.97. The second-order valence-electron chi connectivity index (χ2n) is 7.22. The smallest absolute Gasteiger partial charge is 0.253 e. The summed E-state index contributed by atoms with van der Waals surface area (Å²) in [6.45, 7) is 2.56. The van der Waals surface area contributed by atoms with Gasteiger partial charge >= 0.3 is 0 Å². The van der Waals surface area contributed by atoms with Gasteiger partial charge in [0.2, 0.25) is 5.91 Å². The number of nitrogens with two attached hydrogens (primary N) is 1. The third-order valence-electron chi connectivity index (χ3n) is 5.60. The molecule has 1 fully saturated rings. The van der Waals surface area contributed by atoms with Gasteiger partial charge in [0.25, 0.3) is 5.91 Å². The molecule has 0 atom stereocenters. The van der Waals surface area contributed by atoms with E-state index in [4.69, 9.17) is 10.7 Å². The van der Waals surface area contributed by atoms with Crippen LogP contribution in [0.3, 0.4) is 0 Å². The van der Waals surface area contributed by atoms with Crippen molar-refractivity contribution in [3.8, 4) is 0 Å². The fourth-order valence-electron chi connectivity index (χ4n) is 4.09. The molecule has 0 bridgehead atoms. The quantitative estimate of drug-likeness (QED) is 0.920. The van der Waals surface area contributed by atoms with E-state index in [1.54, 1.807) is 24.3 Å². The van der Waals surface area contributed by atoms with Gasteiger partial charge in [0.05, 0.1) is 0 Å². The number of imidazole rings is 1. The maximum Gasteiger partial charge on any atom is 0.253 e. The summed E-state index contributed by atoms with van der Waals surface area (Å²) in [5, 5.41) is 0. The number of hydrogen-bond acceptors (Lipinski definition) is 3. The third kappa shape index (κ3) is 3.11. The number of carbonyl (C=O) groups excluding carboxylic acids is 2. The number of likely N-dealkylation sites (tertiary alicyclic amines) is 1. The van der Waals surface area contributed by atoms with Crippen LogP contribution in [-0.4, -0.2) is 39.4 Å². The Bertz CT molecular complexity index is 817. The van der Waals surface area contributed by atoms with Crippen molar-refractivity contribution in [2.24, 2.45) is 5.73 Å². The lowest BCUT2D eigenvalue weighted by molar-refractivity contribution is 0.0709. The number of hydrogen-bond donors (Lipinski definition) is 1. The summed E-state index contributed by atoms with van der Waals surface area (Å²) in [5.41, 5.74) is 7.64. The SMILES string of the molecule is NC(=O)c1ccc(C(=O)N2CCC(c3ncc4n3CCCC4)CC2)cc1. The molecule has 0 aliphatic carbocycles. The van der Waals surface area contributed by atoms with E-state index in [2.05, 4.69) is 4.57 Å². The molecule has 2 N–H and O–H groups in total. The predicted octanol–water partition coefficient (Wildman–Crippen LogP) is 2.34. The zero-order valence-corrected chi connectivity index (χ0v) is 14.9. The molecule has 0 unspecified atom stereocenters. The van der Waals surface area contributed by atoms with Gasteiger partial charge in [-0.05, 0) is 56.4 Å². The van der Waals surface area contributed by atoms with Crippen LogP contribution in [0.1, 0.15) is 63.8 Å². The Labute approximate surface area is 153 Å². The predicted molar refractivity (Wildman–Crippen MR) is 98.0 cm³/mol. The van der Waals surface area contributed by atoms with Gasteiger partial charge in [-0.25, -0.2) is 4.98 Å². The van der Waals surface area contributed by atoms with E-state index in [0.29, 0.717) is 17.0 Å². The number of fused-ring (bicyclic) bond motifs is 1. The summed E-state index contributed by atoms with van der Waals surface area (Å²) in [6.07, 6.45) is 7.54. The first-order chi connectivity index (χ1) is 12.6. The topological polar surface area (TPSA) is 81.2 Å². The van der Waals surface area contributed by atoms with E-state index in [-0.39, 0.29) is 5.91 Å². The van der Waals surface area contributed by atoms with Crippen molar-refractivity contribution < 1.29 is 9.59 Å². The molecule has 1 aromatic carbocycles. The summed E-state index contributed by atoms with van der Waals surface area (Å²) in [7, 11) is 0. The van der Waals surface area contributed by atoms with Crippen LogP contribution in [0.15, 0.2) is 30.5 Å². The highest BCUT2D eigenvalue weighted by Gasteiger charge is 2.28. The number of aryl methyl sites for hydroxylation is 1. The lowest BCUT2D eigenvalue weighted by atomic mass is 9.95. The number of piperidine rings is 1. The van der Waals surface area contributed by atoms with Crippen LogP contribution in [0.5, 0.6) is 0 Å². The Balaban J connectivity index is 1.41. The summed E-state index contributed by atoms with van der Waals surface area (Å²) in [6, 6.07) is 6.58. The number of aromatic nitrogens is 2. The largest absolute Gasteiger partial charge is 0.366 e. The number of rotatable bonds is 3. The molecule has 2 aliphatic heterocycles. The van der Waals surface area contributed by atoms with E-state index in [9.17, 15) is 9.59 Å². The van der Waals surface area contributed by atoms with Gasteiger partial charge in [-0.2, -0.15) is 0 Å². The van der Waals surface area contributed by atoms with Crippen molar-refractivity contribution in [1.29, 1.82) is 0 Å². The molecule has 26 heavy (non-hydrogen) atoms. The molecule has 0 saturated carbocycles. The van der Waals surface area contributed by atoms with Crippen molar-refractivity contribution in [3.63, 3.8) is 0 Å². The summed E-state index contributed by atoms with van der Waals surface area (Å²) >= 11 is 0. The highest BCUT2D eigenvalue weighted by Crippen LogP contribution is 2.30. The molecule has 3 heterocycles. The van der Waals surface area contributed by atoms with Crippen LogP contribution >= 0.6 is 0 Å². The molecule has 1 aromatic heterocycles. The average molecular weight is 352 g/mol. The van der Waals surface area contributed by atoms with E-state index in [1.807, 2.05) is 11.1 Å². The number of amides is 2. The number of carbonyl (C=O) groups is 2. The first kappa shape index (κ1) is 16.8.